The van der Waals surface area contributed by atoms with E-state index in [1.807, 2.05) is 20.8 Å². The Morgan fingerprint density at radius 2 is 1.76 bits per heavy atom. The molecule has 29 heavy (non-hydrogen) atoms. The first-order valence-electron chi connectivity index (χ1n) is 10.0. The molecular weight excluding hydrogens is 376 g/mol. The van der Waals surface area contributed by atoms with Gasteiger partial charge in [0.25, 0.3) is 0 Å². The minimum atomic E-state index is -1.00. The van der Waals surface area contributed by atoms with Crippen molar-refractivity contribution in [3.8, 4) is 0 Å². The zero-order valence-electron chi connectivity index (χ0n) is 18.4. The lowest BCUT2D eigenvalue weighted by atomic mass is 9.87. The Bertz CT molecular complexity index is 621. The van der Waals surface area contributed by atoms with Crippen LogP contribution in [0.25, 0.3) is 0 Å². The fourth-order valence-electron chi connectivity index (χ4n) is 3.13. The second-order valence-corrected chi connectivity index (χ2v) is 9.79. The Labute approximate surface area is 172 Å². The van der Waals surface area contributed by atoms with Crippen molar-refractivity contribution >= 4 is 23.8 Å². The van der Waals surface area contributed by atoms with Crippen molar-refractivity contribution in [2.75, 3.05) is 6.54 Å². The number of hydrogen-bond acceptors (Lipinski definition) is 5. The highest BCUT2D eigenvalue weighted by atomic mass is 16.6. The molecule has 1 saturated heterocycles. The van der Waals surface area contributed by atoms with Crippen LogP contribution in [-0.2, 0) is 19.1 Å². The van der Waals surface area contributed by atoms with Gasteiger partial charge in [0.2, 0.25) is 17.7 Å². The molecule has 0 spiro atoms. The van der Waals surface area contributed by atoms with E-state index < -0.39 is 35.6 Å². The smallest absolute Gasteiger partial charge is 0.408 e. The molecule has 1 rings (SSSR count). The van der Waals surface area contributed by atoms with Crippen LogP contribution in [0.2, 0.25) is 0 Å². The van der Waals surface area contributed by atoms with E-state index in [4.69, 9.17) is 10.5 Å². The highest BCUT2D eigenvalue weighted by molar-refractivity contribution is 5.91. The SMILES string of the molecule is CC(C)(C)CC(NC(=O)OC(C)(C)C)C(=O)NC(C[C@@H]1CCCNC1=O)C(N)=O. The quantitative estimate of drug-likeness (QED) is 0.497. The summed E-state index contributed by atoms with van der Waals surface area (Å²) in [6, 6.07) is -1.91. The lowest BCUT2D eigenvalue weighted by Crippen LogP contribution is -2.55. The number of alkyl carbamates (subject to hydrolysis) is 1. The Morgan fingerprint density at radius 3 is 2.24 bits per heavy atom. The molecule has 4 amide bonds. The minimum Gasteiger partial charge on any atom is -0.444 e. The van der Waals surface area contributed by atoms with Gasteiger partial charge in [-0.25, -0.2) is 4.79 Å². The predicted octanol–water partition coefficient (Wildman–Crippen LogP) is 1.20. The van der Waals surface area contributed by atoms with Crippen LogP contribution in [0.3, 0.4) is 0 Å². The topological polar surface area (TPSA) is 140 Å². The molecule has 0 radical (unpaired) electrons. The average Bonchev–Trinajstić information content (AvgIpc) is 2.52. The zero-order valence-corrected chi connectivity index (χ0v) is 18.4. The maximum Gasteiger partial charge on any atom is 0.408 e. The van der Waals surface area contributed by atoms with E-state index in [1.165, 1.54) is 0 Å². The molecule has 1 heterocycles. The summed E-state index contributed by atoms with van der Waals surface area (Å²) in [7, 11) is 0. The summed E-state index contributed by atoms with van der Waals surface area (Å²) in [5, 5.41) is 7.95. The first-order chi connectivity index (χ1) is 13.2. The number of carbonyl (C=O) groups is 4. The van der Waals surface area contributed by atoms with Crippen molar-refractivity contribution in [3.05, 3.63) is 0 Å². The van der Waals surface area contributed by atoms with Crippen molar-refractivity contribution in [3.63, 3.8) is 0 Å². The third-order valence-corrected chi connectivity index (χ3v) is 4.40. The lowest BCUT2D eigenvalue weighted by molar-refractivity contribution is -0.131. The van der Waals surface area contributed by atoms with Crippen LogP contribution in [0.5, 0.6) is 0 Å². The molecule has 1 aliphatic rings. The summed E-state index contributed by atoms with van der Waals surface area (Å²) < 4.78 is 5.25. The van der Waals surface area contributed by atoms with Crippen LogP contribution in [0.15, 0.2) is 0 Å². The molecule has 1 fully saturated rings. The first kappa shape index (κ1) is 24.7. The van der Waals surface area contributed by atoms with Gasteiger partial charge in [-0.1, -0.05) is 20.8 Å². The molecule has 0 aromatic rings. The van der Waals surface area contributed by atoms with Gasteiger partial charge in [0.05, 0.1) is 0 Å². The monoisotopic (exact) mass is 412 g/mol. The molecule has 0 saturated carbocycles. The van der Waals surface area contributed by atoms with Crippen LogP contribution in [0, 0.1) is 11.3 Å². The number of hydrogen-bond donors (Lipinski definition) is 4. The third kappa shape index (κ3) is 9.62. The van der Waals surface area contributed by atoms with E-state index in [0.29, 0.717) is 19.4 Å². The van der Waals surface area contributed by atoms with Crippen LogP contribution in [0.4, 0.5) is 4.79 Å². The molecule has 166 valence electrons. The van der Waals surface area contributed by atoms with Gasteiger partial charge in [-0.2, -0.15) is 0 Å². The molecule has 0 bridgehead atoms. The normalized spacial score (nSPS) is 19.5. The van der Waals surface area contributed by atoms with E-state index in [1.54, 1.807) is 20.8 Å². The Balaban J connectivity index is 2.87. The zero-order chi connectivity index (χ0) is 22.4. The minimum absolute atomic E-state index is 0.127. The number of rotatable bonds is 7. The average molecular weight is 413 g/mol. The number of nitrogens with two attached hydrogens (primary N) is 1. The van der Waals surface area contributed by atoms with Crippen LogP contribution in [0.1, 0.15) is 67.2 Å². The Morgan fingerprint density at radius 1 is 1.14 bits per heavy atom. The Kier molecular flexibility index (Phi) is 8.47. The van der Waals surface area contributed by atoms with Gasteiger partial charge >= 0.3 is 6.09 Å². The summed E-state index contributed by atoms with van der Waals surface area (Å²) in [5.41, 5.74) is 4.48. The van der Waals surface area contributed by atoms with E-state index >= 15 is 0 Å². The summed E-state index contributed by atoms with van der Waals surface area (Å²) >= 11 is 0. The maximum atomic E-state index is 12.9. The highest BCUT2D eigenvalue weighted by Gasteiger charge is 2.33. The fourth-order valence-corrected chi connectivity index (χ4v) is 3.13. The molecule has 3 atom stereocenters. The third-order valence-electron chi connectivity index (χ3n) is 4.40. The number of piperidine rings is 1. The molecule has 0 aliphatic carbocycles. The van der Waals surface area contributed by atoms with Gasteiger partial charge in [0.15, 0.2) is 0 Å². The largest absolute Gasteiger partial charge is 0.444 e. The Hall–Kier alpha value is -2.32. The molecule has 0 aromatic carbocycles. The first-order valence-corrected chi connectivity index (χ1v) is 10.0. The van der Waals surface area contributed by atoms with Gasteiger partial charge in [-0.3, -0.25) is 14.4 Å². The fraction of sp³-hybridized carbons (Fsp3) is 0.800. The molecule has 1 aliphatic heterocycles. The number of primary amides is 1. The van der Waals surface area contributed by atoms with Crippen LogP contribution >= 0.6 is 0 Å². The summed E-state index contributed by atoms with van der Waals surface area (Å²) in [6.07, 6.45) is 1.18. The number of amides is 4. The maximum absolute atomic E-state index is 12.9. The number of ether oxygens (including phenoxy) is 1. The van der Waals surface area contributed by atoms with Crippen molar-refractivity contribution in [2.45, 2.75) is 84.9 Å². The molecular formula is C20H36N4O5. The van der Waals surface area contributed by atoms with E-state index in [0.717, 1.165) is 6.42 Å². The standard InChI is InChI=1S/C20H36N4O5/c1-19(2,3)11-14(24-18(28)29-20(4,5)6)17(27)23-13(15(21)25)10-12-8-7-9-22-16(12)26/h12-14H,7-11H2,1-6H3,(H2,21,25)(H,22,26)(H,23,27)(H,24,28)/t12-,13?,14?/m0/s1. The summed E-state index contributed by atoms with van der Waals surface area (Å²) in [4.78, 5) is 48.9. The van der Waals surface area contributed by atoms with E-state index in [2.05, 4.69) is 16.0 Å². The summed E-state index contributed by atoms with van der Waals surface area (Å²) in [5.74, 6) is -1.79. The molecule has 0 aromatic heterocycles. The number of nitrogens with one attached hydrogen (secondary N) is 3. The van der Waals surface area contributed by atoms with Gasteiger partial charge in [-0.15, -0.1) is 0 Å². The van der Waals surface area contributed by atoms with Gasteiger partial charge in [0.1, 0.15) is 17.7 Å². The van der Waals surface area contributed by atoms with Crippen LogP contribution in [-0.4, -0.2) is 48.0 Å². The van der Waals surface area contributed by atoms with Crippen molar-refractivity contribution in [2.24, 2.45) is 17.1 Å². The predicted molar refractivity (Wildman–Crippen MR) is 109 cm³/mol. The van der Waals surface area contributed by atoms with Crippen molar-refractivity contribution in [1.29, 1.82) is 0 Å². The van der Waals surface area contributed by atoms with Crippen molar-refractivity contribution < 1.29 is 23.9 Å². The van der Waals surface area contributed by atoms with Gasteiger partial charge in [-0.05, 0) is 51.9 Å². The number of carbonyl (C=O) groups excluding carboxylic acids is 4. The highest BCUT2D eigenvalue weighted by Crippen LogP contribution is 2.22. The summed E-state index contributed by atoms with van der Waals surface area (Å²) in [6.45, 7) is 11.6. The molecule has 2 unspecified atom stereocenters. The van der Waals surface area contributed by atoms with Gasteiger partial charge in [0, 0.05) is 12.5 Å². The molecule has 9 heteroatoms. The van der Waals surface area contributed by atoms with E-state index in [9.17, 15) is 19.2 Å². The molecule has 9 nitrogen and oxygen atoms in total. The lowest BCUT2D eigenvalue weighted by Gasteiger charge is -2.30. The van der Waals surface area contributed by atoms with Crippen molar-refractivity contribution in [1.82, 2.24) is 16.0 Å². The van der Waals surface area contributed by atoms with E-state index in [-0.39, 0.29) is 23.7 Å². The van der Waals surface area contributed by atoms with Crippen LogP contribution < -0.4 is 21.7 Å². The second kappa shape index (κ2) is 9.93. The second-order valence-electron chi connectivity index (χ2n) is 9.79. The molecule has 5 N–H and O–H groups in total. The van der Waals surface area contributed by atoms with Gasteiger partial charge < -0.3 is 26.4 Å².